The van der Waals surface area contributed by atoms with Crippen LogP contribution in [-0.4, -0.2) is 12.2 Å². The molecule has 0 atom stereocenters. The number of allylic oxidation sites excluding steroid dienone is 1. The number of nitrogens with two attached hydrogens (primary N) is 2. The second-order valence-corrected chi connectivity index (χ2v) is 5.17. The fourth-order valence-corrected chi connectivity index (χ4v) is 3.13. The van der Waals surface area contributed by atoms with E-state index in [1.165, 1.54) is 41.3 Å². The van der Waals surface area contributed by atoms with Crippen LogP contribution in [0.3, 0.4) is 0 Å². The van der Waals surface area contributed by atoms with Gasteiger partial charge in [-0.2, -0.15) is 12.4 Å². The maximum Gasteiger partial charge on any atom is 1.00 e. The Morgan fingerprint density at radius 1 is 1.22 bits per heavy atom. The van der Waals surface area contributed by atoms with Gasteiger partial charge in [-0.25, -0.2) is 0 Å². The van der Waals surface area contributed by atoms with E-state index in [9.17, 15) is 4.79 Å². The minimum absolute atomic E-state index is 0. The van der Waals surface area contributed by atoms with Crippen molar-refractivity contribution in [3.8, 4) is 0 Å². The van der Waals surface area contributed by atoms with Crippen molar-refractivity contribution in [2.45, 2.75) is 38.5 Å². The van der Waals surface area contributed by atoms with Gasteiger partial charge in [0.05, 0.1) is 0 Å². The summed E-state index contributed by atoms with van der Waals surface area (Å²) in [6, 6.07) is 1.64. The number of benzene rings is 1. The van der Waals surface area contributed by atoms with Crippen LogP contribution < -0.4 is 62.4 Å². The number of carbonyl (C=O) groups excluding carboxylic acids is 1. The minimum Gasteiger partial charge on any atom is -0.693 e. The maximum atomic E-state index is 11.0. The van der Waals surface area contributed by atoms with Gasteiger partial charge in [0.1, 0.15) is 0 Å². The summed E-state index contributed by atoms with van der Waals surface area (Å²) in [6.07, 6.45) is 11.2. The van der Waals surface area contributed by atoms with E-state index in [1.54, 1.807) is 0 Å². The van der Waals surface area contributed by atoms with Crippen LogP contribution in [0.5, 0.6) is 0 Å². The van der Waals surface area contributed by atoms with Crippen LogP contribution in [0.2, 0.25) is 0 Å². The number of rotatable bonds is 2. The molecule has 3 rings (SSSR count). The summed E-state index contributed by atoms with van der Waals surface area (Å²) in [5.74, 6) is 0. The predicted molar refractivity (Wildman–Crippen MR) is 89.9 cm³/mol. The molecule has 2 aliphatic rings. The van der Waals surface area contributed by atoms with Gasteiger partial charge in [0, 0.05) is 0 Å². The average molecular weight is 339 g/mol. The number of nitrogens with one attached hydrogen (secondary N) is 3. The molecule has 120 valence electrons. The molecule has 0 spiro atoms. The van der Waals surface area contributed by atoms with Gasteiger partial charge < -0.3 is 34.4 Å². The van der Waals surface area contributed by atoms with Crippen molar-refractivity contribution in [3.05, 3.63) is 52.5 Å². The first-order valence-electron chi connectivity index (χ1n) is 7.15. The van der Waals surface area contributed by atoms with Crippen molar-refractivity contribution in [2.75, 3.05) is 5.32 Å². The van der Waals surface area contributed by atoms with E-state index in [2.05, 4.69) is 17.5 Å². The molecular formula is C16H22KN5O-2. The molecule has 7 N–H and O–H groups in total. The van der Waals surface area contributed by atoms with Crippen molar-refractivity contribution in [2.24, 2.45) is 5.73 Å². The van der Waals surface area contributed by atoms with Crippen molar-refractivity contribution in [3.63, 3.8) is 0 Å². The summed E-state index contributed by atoms with van der Waals surface area (Å²) in [5, 5.41) is 8.99. The standard InChI is InChI=1S/C13H16N2O.C3H5N2.K.H2N/c14-13(16)15-12-10-5-1-3-8(10)7-9-4-2-6-11(9)12;4-2-1-3-5;;/h7H,1-6H2,(H3,14,15,16);2-4H,5H2;;1H2/q;-1;+1;-1/p-1. The first-order valence-corrected chi connectivity index (χ1v) is 7.15. The van der Waals surface area contributed by atoms with Gasteiger partial charge in [0.2, 0.25) is 0 Å². The quantitative estimate of drug-likeness (QED) is 0.419. The normalized spacial score (nSPS) is 13.7. The molecule has 0 saturated carbocycles. The van der Waals surface area contributed by atoms with E-state index in [4.69, 9.17) is 16.9 Å². The zero-order valence-electron chi connectivity index (χ0n) is 13.5. The van der Waals surface area contributed by atoms with E-state index >= 15 is 0 Å². The van der Waals surface area contributed by atoms with Crippen LogP contribution in [0.25, 0.3) is 11.9 Å². The average Bonchev–Trinajstić information content (AvgIpc) is 3.08. The Hall–Kier alpha value is -0.704. The van der Waals surface area contributed by atoms with Gasteiger partial charge >= 0.3 is 51.4 Å². The Balaban J connectivity index is 0.000000615. The summed E-state index contributed by atoms with van der Waals surface area (Å²) in [7, 11) is 0. The van der Waals surface area contributed by atoms with Gasteiger partial charge in [-0.05, 0) is 66.5 Å². The molecule has 0 unspecified atom stereocenters. The molecule has 7 heteroatoms. The van der Waals surface area contributed by atoms with E-state index in [1.807, 2.05) is 0 Å². The second kappa shape index (κ2) is 11.0. The molecule has 23 heavy (non-hydrogen) atoms. The number of hydrogen-bond acceptors (Lipinski definition) is 3. The molecule has 0 radical (unpaired) electrons. The summed E-state index contributed by atoms with van der Waals surface area (Å²) in [4.78, 5) is 11.0. The SMILES string of the molecule is N=C[C-]=CN.[K+].[NH-]C(=O)Nc1c2c(cc3c1CCC3)CCC2.[NH2-]. The molecule has 1 aromatic rings. The van der Waals surface area contributed by atoms with Crippen LogP contribution in [0.15, 0.2) is 12.3 Å². The number of fused-ring (bicyclic) bond motifs is 2. The first-order chi connectivity index (χ1) is 10.2. The molecule has 0 bridgehead atoms. The van der Waals surface area contributed by atoms with E-state index in [0.717, 1.165) is 37.6 Å². The number of anilines is 1. The molecule has 6 nitrogen and oxygen atoms in total. The Morgan fingerprint density at radius 3 is 2.09 bits per heavy atom. The third-order valence-corrected chi connectivity index (χ3v) is 3.89. The number of aryl methyl sites for hydroxylation is 2. The number of amides is 2. The fourth-order valence-electron chi connectivity index (χ4n) is 3.13. The van der Waals surface area contributed by atoms with E-state index in [-0.39, 0.29) is 57.5 Å². The van der Waals surface area contributed by atoms with Gasteiger partial charge in [-0.1, -0.05) is 6.07 Å². The number of hydrogen-bond donors (Lipinski definition) is 3. The largest absolute Gasteiger partial charge is 1.00 e. The van der Waals surface area contributed by atoms with Crippen LogP contribution in [0, 0.1) is 11.5 Å². The summed E-state index contributed by atoms with van der Waals surface area (Å²) in [6.45, 7) is 0. The minimum atomic E-state index is -0.686. The molecule has 2 amide bonds. The molecule has 1 aromatic carbocycles. The van der Waals surface area contributed by atoms with Gasteiger partial charge in [-0.15, -0.1) is 0 Å². The molecule has 0 heterocycles. The maximum absolute atomic E-state index is 11.0. The van der Waals surface area contributed by atoms with Crippen LogP contribution in [-0.2, 0) is 25.7 Å². The van der Waals surface area contributed by atoms with Crippen LogP contribution in [0.4, 0.5) is 10.5 Å². The summed E-state index contributed by atoms with van der Waals surface area (Å²) in [5.41, 5.74) is 18.2. The van der Waals surface area contributed by atoms with Gasteiger partial charge in [-0.3, -0.25) is 4.79 Å². The van der Waals surface area contributed by atoms with Crippen molar-refractivity contribution in [1.82, 2.24) is 0 Å². The predicted octanol–water partition coefficient (Wildman–Crippen LogP) is 0.881. The molecule has 0 aliphatic heterocycles. The summed E-state index contributed by atoms with van der Waals surface area (Å²) >= 11 is 0. The monoisotopic (exact) mass is 339 g/mol. The Morgan fingerprint density at radius 2 is 1.74 bits per heavy atom. The third-order valence-electron chi connectivity index (χ3n) is 3.89. The molecule has 2 aliphatic carbocycles. The van der Waals surface area contributed by atoms with Crippen molar-refractivity contribution < 1.29 is 56.2 Å². The summed E-state index contributed by atoms with van der Waals surface area (Å²) < 4.78 is 0. The van der Waals surface area contributed by atoms with Crippen LogP contribution >= 0.6 is 0 Å². The zero-order valence-corrected chi connectivity index (χ0v) is 16.7. The topological polar surface area (TPSA) is 136 Å². The Labute approximate surface area is 180 Å². The zero-order chi connectivity index (χ0) is 15.2. The van der Waals surface area contributed by atoms with Crippen molar-refractivity contribution >= 4 is 17.9 Å². The number of carbonyl (C=O) groups is 1. The number of urea groups is 1. The smallest absolute Gasteiger partial charge is 0.693 e. The van der Waals surface area contributed by atoms with Gasteiger partial charge in [0.15, 0.2) is 6.03 Å². The molecular weight excluding hydrogens is 317 g/mol. The Bertz CT molecular complexity index is 554. The first kappa shape index (κ1) is 22.3. The molecule has 0 aromatic heterocycles. The van der Waals surface area contributed by atoms with Gasteiger partial charge in [0.25, 0.3) is 0 Å². The second-order valence-electron chi connectivity index (χ2n) is 5.17. The molecule has 0 fully saturated rings. The third kappa shape index (κ3) is 5.70. The fraction of sp³-hybridized carbons (Fsp3) is 0.375. The molecule has 0 saturated heterocycles. The van der Waals surface area contributed by atoms with Crippen LogP contribution in [0.1, 0.15) is 35.1 Å². The van der Waals surface area contributed by atoms with E-state index < -0.39 is 6.03 Å². The van der Waals surface area contributed by atoms with Crippen molar-refractivity contribution in [1.29, 1.82) is 5.41 Å². The Kier molecular flexibility index (Phi) is 10.6. The van der Waals surface area contributed by atoms with E-state index in [0.29, 0.717) is 0 Å².